The van der Waals surface area contributed by atoms with E-state index in [1.165, 1.54) is 12.1 Å². The number of non-ortho nitro benzene ring substituents is 1. The third kappa shape index (κ3) is 2.51. The van der Waals surface area contributed by atoms with Gasteiger partial charge in [0.25, 0.3) is 11.6 Å². The molecule has 2 fully saturated rings. The van der Waals surface area contributed by atoms with Crippen LogP contribution in [0.25, 0.3) is 0 Å². The zero-order valence-electron chi connectivity index (χ0n) is 12.0. The van der Waals surface area contributed by atoms with E-state index >= 15 is 0 Å². The molecule has 2 aliphatic heterocycles. The maximum absolute atomic E-state index is 12.8. The summed E-state index contributed by atoms with van der Waals surface area (Å²) in [7, 11) is 0. The second-order valence-corrected chi connectivity index (χ2v) is 6.14. The second-order valence-electron chi connectivity index (χ2n) is 6.14. The molecule has 0 radical (unpaired) electrons. The largest absolute Gasteiger partial charge is 0.333 e. The fourth-order valence-corrected chi connectivity index (χ4v) is 3.69. The van der Waals surface area contributed by atoms with Crippen LogP contribution in [0.3, 0.4) is 0 Å². The molecule has 1 amide bonds. The number of nitro benzene ring substituents is 1. The summed E-state index contributed by atoms with van der Waals surface area (Å²) in [5, 5.41) is 11.0. The van der Waals surface area contributed by atoms with Crippen molar-refractivity contribution in [2.75, 3.05) is 0 Å². The fraction of sp³-hybridized carbons (Fsp3) is 0.533. The van der Waals surface area contributed by atoms with Gasteiger partial charge in [-0.1, -0.05) is 0 Å². The van der Waals surface area contributed by atoms with Crippen molar-refractivity contribution in [3.63, 3.8) is 0 Å². The summed E-state index contributed by atoms with van der Waals surface area (Å²) in [5.41, 5.74) is 7.13. The van der Waals surface area contributed by atoms with Crippen molar-refractivity contribution in [2.45, 2.75) is 50.7 Å². The quantitative estimate of drug-likeness (QED) is 0.666. The minimum absolute atomic E-state index is 0.0283. The lowest BCUT2D eigenvalue weighted by Gasteiger charge is -2.37. The monoisotopic (exact) mass is 289 g/mol. The standard InChI is InChI=1S/C15H19N3O3/c1-9-4-10(6-14(5-9)18(20)21)15(19)17-12-2-3-13(17)8-11(16)7-12/h4-6,11-13H,2-3,7-8,16H2,1H3. The summed E-state index contributed by atoms with van der Waals surface area (Å²) < 4.78 is 0. The molecule has 0 spiro atoms. The molecule has 2 unspecified atom stereocenters. The van der Waals surface area contributed by atoms with E-state index in [1.54, 1.807) is 13.0 Å². The maximum atomic E-state index is 12.8. The number of piperidine rings is 1. The van der Waals surface area contributed by atoms with E-state index in [0.717, 1.165) is 31.2 Å². The number of nitro groups is 1. The molecule has 6 nitrogen and oxygen atoms in total. The first-order chi connectivity index (χ1) is 9.95. The second kappa shape index (κ2) is 5.11. The summed E-state index contributed by atoms with van der Waals surface area (Å²) >= 11 is 0. The van der Waals surface area contributed by atoms with Gasteiger partial charge in [-0.15, -0.1) is 0 Å². The van der Waals surface area contributed by atoms with Crippen LogP contribution >= 0.6 is 0 Å². The Kier molecular flexibility index (Phi) is 3.41. The lowest BCUT2D eigenvalue weighted by molar-refractivity contribution is -0.384. The number of fused-ring (bicyclic) bond motifs is 2. The summed E-state index contributed by atoms with van der Waals surface area (Å²) in [5.74, 6) is -0.0961. The van der Waals surface area contributed by atoms with Gasteiger partial charge in [0.1, 0.15) is 0 Å². The molecule has 0 saturated carbocycles. The number of nitrogens with two attached hydrogens (primary N) is 1. The summed E-state index contributed by atoms with van der Waals surface area (Å²) in [6.45, 7) is 1.77. The van der Waals surface area contributed by atoms with E-state index in [2.05, 4.69) is 0 Å². The summed E-state index contributed by atoms with van der Waals surface area (Å²) in [6, 6.07) is 5.12. The van der Waals surface area contributed by atoms with Crippen molar-refractivity contribution >= 4 is 11.6 Å². The van der Waals surface area contributed by atoms with Gasteiger partial charge in [-0.05, 0) is 44.2 Å². The SMILES string of the molecule is Cc1cc(C(=O)N2C3CCC2CC(N)C3)cc([N+](=O)[O-])c1. The van der Waals surface area contributed by atoms with Crippen LogP contribution < -0.4 is 5.73 Å². The minimum Gasteiger partial charge on any atom is -0.333 e. The van der Waals surface area contributed by atoms with Gasteiger partial charge in [0.05, 0.1) is 4.92 Å². The Morgan fingerprint density at radius 1 is 1.29 bits per heavy atom. The number of hydrogen-bond donors (Lipinski definition) is 1. The molecule has 112 valence electrons. The lowest BCUT2D eigenvalue weighted by Crippen LogP contribution is -2.50. The van der Waals surface area contributed by atoms with Crippen molar-refractivity contribution in [1.82, 2.24) is 4.90 Å². The van der Waals surface area contributed by atoms with Gasteiger partial charge in [-0.25, -0.2) is 0 Å². The lowest BCUT2D eigenvalue weighted by atomic mass is 9.97. The van der Waals surface area contributed by atoms with E-state index in [0.29, 0.717) is 5.56 Å². The minimum atomic E-state index is -0.454. The molecule has 6 heteroatoms. The Morgan fingerprint density at radius 3 is 2.48 bits per heavy atom. The Balaban J connectivity index is 1.91. The van der Waals surface area contributed by atoms with E-state index in [4.69, 9.17) is 5.73 Å². The summed E-state index contributed by atoms with van der Waals surface area (Å²) in [4.78, 5) is 25.2. The van der Waals surface area contributed by atoms with E-state index in [1.807, 2.05) is 4.90 Å². The normalized spacial score (nSPS) is 27.7. The molecule has 21 heavy (non-hydrogen) atoms. The van der Waals surface area contributed by atoms with Gasteiger partial charge in [0.15, 0.2) is 0 Å². The average Bonchev–Trinajstić information content (AvgIpc) is 2.69. The van der Waals surface area contributed by atoms with Gasteiger partial charge in [0, 0.05) is 35.8 Å². The molecule has 2 N–H and O–H groups in total. The fourth-order valence-electron chi connectivity index (χ4n) is 3.69. The van der Waals surface area contributed by atoms with E-state index in [9.17, 15) is 14.9 Å². The number of rotatable bonds is 2. The van der Waals surface area contributed by atoms with Crippen molar-refractivity contribution in [1.29, 1.82) is 0 Å². The Labute approximate surface area is 123 Å². The molecule has 2 heterocycles. The predicted molar refractivity (Wildman–Crippen MR) is 78.0 cm³/mol. The first kappa shape index (κ1) is 14.0. The highest BCUT2D eigenvalue weighted by Crippen LogP contribution is 2.36. The number of amides is 1. The topological polar surface area (TPSA) is 89.5 Å². The zero-order chi connectivity index (χ0) is 15.1. The average molecular weight is 289 g/mol. The van der Waals surface area contributed by atoms with Crippen LogP contribution in [-0.2, 0) is 0 Å². The molecule has 2 bridgehead atoms. The Hall–Kier alpha value is -1.95. The van der Waals surface area contributed by atoms with Crippen molar-refractivity contribution in [2.24, 2.45) is 5.73 Å². The molecule has 3 rings (SSSR count). The van der Waals surface area contributed by atoms with Crippen LogP contribution in [0.1, 0.15) is 41.6 Å². The Bertz CT molecular complexity index is 588. The van der Waals surface area contributed by atoms with Gasteiger partial charge in [-0.2, -0.15) is 0 Å². The van der Waals surface area contributed by atoms with Crippen molar-refractivity contribution in [3.05, 3.63) is 39.4 Å². The molecule has 2 aliphatic rings. The van der Waals surface area contributed by atoms with Crippen LogP contribution in [0.4, 0.5) is 5.69 Å². The Morgan fingerprint density at radius 2 is 1.90 bits per heavy atom. The molecular weight excluding hydrogens is 270 g/mol. The van der Waals surface area contributed by atoms with Gasteiger partial charge in [0.2, 0.25) is 0 Å². The molecule has 2 saturated heterocycles. The van der Waals surface area contributed by atoms with Crippen LogP contribution in [-0.4, -0.2) is 33.9 Å². The van der Waals surface area contributed by atoms with Crippen molar-refractivity contribution in [3.8, 4) is 0 Å². The third-order valence-corrected chi connectivity index (χ3v) is 4.52. The molecule has 0 aromatic heterocycles. The highest BCUT2D eigenvalue weighted by Gasteiger charge is 2.42. The first-order valence-corrected chi connectivity index (χ1v) is 7.30. The maximum Gasteiger partial charge on any atom is 0.270 e. The smallest absolute Gasteiger partial charge is 0.270 e. The van der Waals surface area contributed by atoms with E-state index < -0.39 is 4.92 Å². The van der Waals surface area contributed by atoms with Gasteiger partial charge < -0.3 is 10.6 Å². The molecule has 2 atom stereocenters. The first-order valence-electron chi connectivity index (χ1n) is 7.30. The number of aryl methyl sites for hydroxylation is 1. The van der Waals surface area contributed by atoms with Crippen LogP contribution in [0, 0.1) is 17.0 Å². The molecular formula is C15H19N3O3. The van der Waals surface area contributed by atoms with Crippen molar-refractivity contribution < 1.29 is 9.72 Å². The third-order valence-electron chi connectivity index (χ3n) is 4.52. The summed E-state index contributed by atoms with van der Waals surface area (Å²) in [6.07, 6.45) is 3.63. The predicted octanol–water partition coefficient (Wildman–Crippen LogP) is 2.00. The molecule has 1 aromatic rings. The molecule has 1 aromatic carbocycles. The highest BCUT2D eigenvalue weighted by atomic mass is 16.6. The van der Waals surface area contributed by atoms with Gasteiger partial charge >= 0.3 is 0 Å². The van der Waals surface area contributed by atoms with E-state index in [-0.39, 0.29) is 29.7 Å². The highest BCUT2D eigenvalue weighted by molar-refractivity contribution is 5.95. The number of hydrogen-bond acceptors (Lipinski definition) is 4. The zero-order valence-corrected chi connectivity index (χ0v) is 12.0. The number of carbonyl (C=O) groups is 1. The number of benzene rings is 1. The number of nitrogens with zero attached hydrogens (tertiary/aromatic N) is 2. The van der Waals surface area contributed by atoms with Gasteiger partial charge in [-0.3, -0.25) is 14.9 Å². The molecule has 0 aliphatic carbocycles. The van der Waals surface area contributed by atoms with Crippen LogP contribution in [0.2, 0.25) is 0 Å². The van der Waals surface area contributed by atoms with Crippen LogP contribution in [0.5, 0.6) is 0 Å². The number of carbonyl (C=O) groups excluding carboxylic acids is 1. The van der Waals surface area contributed by atoms with Crippen LogP contribution in [0.15, 0.2) is 18.2 Å².